The van der Waals surface area contributed by atoms with Gasteiger partial charge in [-0.25, -0.2) is 4.90 Å². The van der Waals surface area contributed by atoms with E-state index in [2.05, 4.69) is 23.1 Å². The first-order valence-corrected chi connectivity index (χ1v) is 10.6. The molecule has 4 nitrogen and oxygen atoms in total. The summed E-state index contributed by atoms with van der Waals surface area (Å²) in [5, 5.41) is 1.94. The van der Waals surface area contributed by atoms with Gasteiger partial charge >= 0.3 is 0 Å². The smallest absolute Gasteiger partial charge is 0.282 e. The van der Waals surface area contributed by atoms with Crippen LogP contribution in [0, 0.1) is 6.92 Å². The number of benzene rings is 2. The van der Waals surface area contributed by atoms with Gasteiger partial charge in [0.05, 0.1) is 11.3 Å². The molecule has 0 saturated heterocycles. The van der Waals surface area contributed by atoms with E-state index < -0.39 is 0 Å². The largest absolute Gasteiger partial charge is 0.362 e. The van der Waals surface area contributed by atoms with Crippen molar-refractivity contribution >= 4 is 34.4 Å². The Bertz CT molecular complexity index is 1150. The zero-order chi connectivity index (χ0) is 20.0. The molecule has 0 aliphatic carbocycles. The van der Waals surface area contributed by atoms with Gasteiger partial charge in [-0.2, -0.15) is 0 Å². The van der Waals surface area contributed by atoms with Gasteiger partial charge in [0, 0.05) is 18.0 Å². The topological polar surface area (TPSA) is 40.6 Å². The second-order valence-electron chi connectivity index (χ2n) is 7.43. The van der Waals surface area contributed by atoms with E-state index >= 15 is 0 Å². The number of imide groups is 1. The van der Waals surface area contributed by atoms with Crippen molar-refractivity contribution in [1.29, 1.82) is 0 Å². The van der Waals surface area contributed by atoms with Crippen LogP contribution in [0.15, 0.2) is 71.7 Å². The average Bonchev–Trinajstić information content (AvgIpc) is 3.33. The minimum Gasteiger partial charge on any atom is -0.362 e. The quantitative estimate of drug-likeness (QED) is 0.612. The maximum absolute atomic E-state index is 13.6. The van der Waals surface area contributed by atoms with Crippen molar-refractivity contribution in [3.05, 3.63) is 93.3 Å². The third-order valence-electron chi connectivity index (χ3n) is 5.53. The van der Waals surface area contributed by atoms with Crippen LogP contribution in [0.1, 0.15) is 21.6 Å². The SMILES string of the molecule is Cc1cccc(N2C(=O)C(c3cccs3)=C(N3CCc4ccccc4C3)C2=O)c1. The molecule has 0 spiro atoms. The molecule has 0 N–H and O–H groups in total. The third-order valence-corrected chi connectivity index (χ3v) is 6.42. The Morgan fingerprint density at radius 3 is 2.48 bits per heavy atom. The number of anilines is 1. The molecule has 2 aliphatic rings. The van der Waals surface area contributed by atoms with Gasteiger partial charge in [-0.15, -0.1) is 11.3 Å². The van der Waals surface area contributed by atoms with Crippen molar-refractivity contribution in [1.82, 2.24) is 4.90 Å². The number of carbonyl (C=O) groups is 2. The molecule has 0 saturated carbocycles. The van der Waals surface area contributed by atoms with Crippen LogP contribution in [-0.4, -0.2) is 23.3 Å². The molecule has 144 valence electrons. The van der Waals surface area contributed by atoms with Gasteiger partial charge in [-0.3, -0.25) is 9.59 Å². The Balaban J connectivity index is 1.61. The van der Waals surface area contributed by atoms with Crippen LogP contribution in [0.2, 0.25) is 0 Å². The zero-order valence-corrected chi connectivity index (χ0v) is 16.9. The van der Waals surface area contributed by atoms with Crippen LogP contribution in [0.25, 0.3) is 5.57 Å². The number of rotatable bonds is 3. The highest BCUT2D eigenvalue weighted by Gasteiger charge is 2.43. The summed E-state index contributed by atoms with van der Waals surface area (Å²) in [6.45, 7) is 3.33. The van der Waals surface area contributed by atoms with Gasteiger partial charge in [0.25, 0.3) is 11.8 Å². The Morgan fingerprint density at radius 1 is 0.897 bits per heavy atom. The summed E-state index contributed by atoms with van der Waals surface area (Å²) in [7, 11) is 0. The number of carbonyl (C=O) groups excluding carboxylic acids is 2. The van der Waals surface area contributed by atoms with E-state index in [4.69, 9.17) is 0 Å². The third kappa shape index (κ3) is 2.98. The molecule has 3 aromatic rings. The predicted molar refractivity (Wildman–Crippen MR) is 115 cm³/mol. The van der Waals surface area contributed by atoms with E-state index in [1.165, 1.54) is 27.4 Å². The maximum Gasteiger partial charge on any atom is 0.282 e. The summed E-state index contributed by atoms with van der Waals surface area (Å²) < 4.78 is 0. The number of fused-ring (bicyclic) bond motifs is 1. The Labute approximate surface area is 173 Å². The molecule has 2 aromatic carbocycles. The van der Waals surface area contributed by atoms with Gasteiger partial charge < -0.3 is 4.90 Å². The van der Waals surface area contributed by atoms with Gasteiger partial charge in [0.1, 0.15) is 5.70 Å². The first-order chi connectivity index (χ1) is 14.1. The van der Waals surface area contributed by atoms with Crippen LogP contribution in [0.3, 0.4) is 0 Å². The fourth-order valence-electron chi connectivity index (χ4n) is 4.14. The van der Waals surface area contributed by atoms with Crippen LogP contribution in [0.5, 0.6) is 0 Å². The fraction of sp³-hybridized carbons (Fsp3) is 0.167. The summed E-state index contributed by atoms with van der Waals surface area (Å²) >= 11 is 1.50. The van der Waals surface area contributed by atoms with Crippen molar-refractivity contribution < 1.29 is 9.59 Å². The number of thiophene rings is 1. The molecule has 3 heterocycles. The van der Waals surface area contributed by atoms with E-state index in [1.54, 1.807) is 0 Å². The van der Waals surface area contributed by atoms with Gasteiger partial charge in [-0.05, 0) is 53.6 Å². The van der Waals surface area contributed by atoms with Gasteiger partial charge in [-0.1, -0.05) is 42.5 Å². The van der Waals surface area contributed by atoms with E-state index in [0.717, 1.165) is 23.4 Å². The molecule has 5 heteroatoms. The first-order valence-electron chi connectivity index (χ1n) is 9.69. The molecule has 0 atom stereocenters. The number of nitrogens with zero attached hydrogens (tertiary/aromatic N) is 2. The monoisotopic (exact) mass is 400 g/mol. The molecule has 0 fully saturated rings. The van der Waals surface area contributed by atoms with Crippen molar-refractivity contribution in [3.63, 3.8) is 0 Å². The van der Waals surface area contributed by atoms with Gasteiger partial charge in [0.2, 0.25) is 0 Å². The lowest BCUT2D eigenvalue weighted by Gasteiger charge is -2.31. The van der Waals surface area contributed by atoms with Crippen molar-refractivity contribution in [2.24, 2.45) is 0 Å². The lowest BCUT2D eigenvalue weighted by atomic mass is 9.99. The lowest BCUT2D eigenvalue weighted by Crippen LogP contribution is -2.37. The van der Waals surface area contributed by atoms with E-state index in [1.807, 2.05) is 54.8 Å². The molecule has 29 heavy (non-hydrogen) atoms. The Kier molecular flexibility index (Phi) is 4.32. The van der Waals surface area contributed by atoms with E-state index in [9.17, 15) is 9.59 Å². The molecular weight excluding hydrogens is 380 g/mol. The molecule has 0 radical (unpaired) electrons. The van der Waals surface area contributed by atoms with Crippen molar-refractivity contribution in [2.45, 2.75) is 19.9 Å². The summed E-state index contributed by atoms with van der Waals surface area (Å²) in [5.41, 5.74) is 5.21. The lowest BCUT2D eigenvalue weighted by molar-refractivity contribution is -0.120. The minimum atomic E-state index is -0.239. The maximum atomic E-state index is 13.6. The second-order valence-corrected chi connectivity index (χ2v) is 8.37. The highest BCUT2D eigenvalue weighted by Crippen LogP contribution is 2.38. The molecule has 1 aromatic heterocycles. The summed E-state index contributed by atoms with van der Waals surface area (Å²) in [5.74, 6) is -0.472. The van der Waals surface area contributed by atoms with E-state index in [0.29, 0.717) is 23.5 Å². The average molecular weight is 401 g/mol. The summed E-state index contributed by atoms with van der Waals surface area (Å²) in [4.78, 5) is 31.3. The second kappa shape index (κ2) is 7.01. The van der Waals surface area contributed by atoms with Crippen LogP contribution < -0.4 is 4.90 Å². The molecule has 0 unspecified atom stereocenters. The van der Waals surface area contributed by atoms with Crippen LogP contribution in [-0.2, 0) is 22.6 Å². The zero-order valence-electron chi connectivity index (χ0n) is 16.1. The predicted octanol–water partition coefficient (Wildman–Crippen LogP) is 4.40. The number of hydrogen-bond acceptors (Lipinski definition) is 4. The highest BCUT2D eigenvalue weighted by atomic mass is 32.1. The number of hydrogen-bond donors (Lipinski definition) is 0. The van der Waals surface area contributed by atoms with Gasteiger partial charge in [0.15, 0.2) is 0 Å². The summed E-state index contributed by atoms with van der Waals surface area (Å²) in [6.07, 6.45) is 0.864. The Hall–Kier alpha value is -3.18. The first kappa shape index (κ1) is 17.9. The number of amides is 2. The Morgan fingerprint density at radius 2 is 1.72 bits per heavy atom. The molecular formula is C24H20N2O2S. The molecule has 2 amide bonds. The van der Waals surface area contributed by atoms with E-state index in [-0.39, 0.29) is 11.8 Å². The van der Waals surface area contributed by atoms with Crippen LogP contribution in [0.4, 0.5) is 5.69 Å². The molecule has 2 aliphatic heterocycles. The molecule has 0 bridgehead atoms. The number of aryl methyl sites for hydroxylation is 1. The normalized spacial score (nSPS) is 16.6. The summed E-state index contributed by atoms with van der Waals surface area (Å²) in [6, 6.07) is 19.7. The fourth-order valence-corrected chi connectivity index (χ4v) is 4.91. The highest BCUT2D eigenvalue weighted by molar-refractivity contribution is 7.11. The van der Waals surface area contributed by atoms with Crippen molar-refractivity contribution in [3.8, 4) is 0 Å². The van der Waals surface area contributed by atoms with Crippen LogP contribution >= 0.6 is 11.3 Å². The standard InChI is InChI=1S/C24H20N2O2S/c1-16-6-4-9-19(14-16)26-23(27)21(20-10-5-13-29-20)22(24(26)28)25-12-11-17-7-2-3-8-18(17)15-25/h2-10,13-14H,11-12,15H2,1H3. The van der Waals surface area contributed by atoms with Crippen molar-refractivity contribution in [2.75, 3.05) is 11.4 Å². The molecule has 5 rings (SSSR count). The minimum absolute atomic E-state index is 0.233.